The molecule has 20 heavy (non-hydrogen) atoms. The van der Waals surface area contributed by atoms with Crippen molar-refractivity contribution in [2.24, 2.45) is 0 Å². The third-order valence-corrected chi connectivity index (χ3v) is 2.91. The number of carboxylic acids is 1. The average Bonchev–Trinajstić information content (AvgIpc) is 2.90. The minimum atomic E-state index is -1.19. The van der Waals surface area contributed by atoms with Crippen LogP contribution in [0.5, 0.6) is 0 Å². The summed E-state index contributed by atoms with van der Waals surface area (Å²) in [6.45, 7) is 0. The summed E-state index contributed by atoms with van der Waals surface area (Å²) in [6, 6.07) is 12.9. The van der Waals surface area contributed by atoms with Crippen molar-refractivity contribution in [1.82, 2.24) is 14.8 Å². The molecule has 1 N–H and O–H groups in total. The normalized spacial score (nSPS) is 10.3. The van der Waals surface area contributed by atoms with Gasteiger partial charge < -0.3 is 5.11 Å². The van der Waals surface area contributed by atoms with Gasteiger partial charge in [0.05, 0.1) is 11.7 Å². The fraction of sp³-hybridized carbons (Fsp3) is 0. The number of fused-ring (bicyclic) bond motifs is 1. The summed E-state index contributed by atoms with van der Waals surface area (Å²) in [5.41, 5.74) is 0.573. The summed E-state index contributed by atoms with van der Waals surface area (Å²) in [6.07, 6.45) is 1.15. The Kier molecular flexibility index (Phi) is 2.66. The average molecular weight is 264 g/mol. The Hall–Kier alpha value is -3.20. The van der Waals surface area contributed by atoms with Gasteiger partial charge in [-0.1, -0.05) is 18.2 Å². The van der Waals surface area contributed by atoms with Gasteiger partial charge in [0.25, 0.3) is 0 Å². The van der Waals surface area contributed by atoms with E-state index in [1.54, 1.807) is 6.07 Å². The predicted octanol–water partition coefficient (Wildman–Crippen LogP) is 1.99. The number of hydrogen-bond acceptors (Lipinski definition) is 4. The second-order valence-electron chi connectivity index (χ2n) is 4.10. The Labute approximate surface area is 113 Å². The smallest absolute Gasteiger partial charge is 0.340 e. The van der Waals surface area contributed by atoms with Crippen LogP contribution >= 0.6 is 0 Å². The molecule has 1 aromatic carbocycles. The third kappa shape index (κ3) is 1.78. The molecule has 0 unspecified atom stereocenters. The third-order valence-electron chi connectivity index (χ3n) is 2.91. The van der Waals surface area contributed by atoms with Gasteiger partial charge in [-0.15, -0.1) is 0 Å². The molecule has 6 nitrogen and oxygen atoms in total. The van der Waals surface area contributed by atoms with Gasteiger partial charge in [-0.25, -0.2) is 14.5 Å². The van der Waals surface area contributed by atoms with Gasteiger partial charge in [-0.05, 0) is 18.2 Å². The Morgan fingerprint density at radius 1 is 1.25 bits per heavy atom. The summed E-state index contributed by atoms with van der Waals surface area (Å²) in [5.74, 6) is -0.777. The van der Waals surface area contributed by atoms with Crippen LogP contribution in [-0.4, -0.2) is 25.8 Å². The van der Waals surface area contributed by atoms with Crippen LogP contribution in [0, 0.1) is 11.3 Å². The van der Waals surface area contributed by atoms with Crippen LogP contribution in [0.4, 0.5) is 0 Å². The van der Waals surface area contributed by atoms with Crippen molar-refractivity contribution < 1.29 is 9.90 Å². The summed E-state index contributed by atoms with van der Waals surface area (Å²) < 4.78 is 1.23. The molecule has 0 saturated heterocycles. The largest absolute Gasteiger partial charge is 0.478 e. The standard InChI is InChI=1S/C14H8N4O2/c15-7-12-10(14(19)20)8-16-18(12)13-6-5-9-3-1-2-4-11(9)17-13/h1-6,8H,(H,19,20). The molecular formula is C14H8N4O2. The van der Waals surface area contributed by atoms with E-state index in [1.807, 2.05) is 36.4 Å². The van der Waals surface area contributed by atoms with Crippen LogP contribution in [0.2, 0.25) is 0 Å². The van der Waals surface area contributed by atoms with E-state index in [4.69, 9.17) is 10.4 Å². The minimum absolute atomic E-state index is 0.0414. The van der Waals surface area contributed by atoms with Gasteiger partial charge in [-0.3, -0.25) is 0 Å². The molecule has 0 bridgehead atoms. The molecular weight excluding hydrogens is 256 g/mol. The molecule has 6 heteroatoms. The number of para-hydroxylation sites is 1. The van der Waals surface area contributed by atoms with Gasteiger partial charge in [0.15, 0.2) is 11.5 Å². The first-order chi connectivity index (χ1) is 9.70. The van der Waals surface area contributed by atoms with Gasteiger partial charge in [0, 0.05) is 5.39 Å². The number of benzene rings is 1. The van der Waals surface area contributed by atoms with Crippen molar-refractivity contribution >= 4 is 16.9 Å². The van der Waals surface area contributed by atoms with Crippen LogP contribution in [0.1, 0.15) is 16.1 Å². The van der Waals surface area contributed by atoms with E-state index in [-0.39, 0.29) is 11.3 Å². The SMILES string of the molecule is N#Cc1c(C(=O)O)cnn1-c1ccc2ccccc2n1. The van der Waals surface area contributed by atoms with Crippen molar-refractivity contribution in [3.05, 3.63) is 53.9 Å². The van der Waals surface area contributed by atoms with E-state index in [0.29, 0.717) is 5.82 Å². The van der Waals surface area contributed by atoms with Gasteiger partial charge in [0.1, 0.15) is 11.6 Å². The lowest BCUT2D eigenvalue weighted by Gasteiger charge is -2.04. The maximum Gasteiger partial charge on any atom is 0.340 e. The number of rotatable bonds is 2. The van der Waals surface area contributed by atoms with Crippen molar-refractivity contribution in [2.75, 3.05) is 0 Å². The number of pyridine rings is 1. The topological polar surface area (TPSA) is 91.8 Å². The van der Waals surface area contributed by atoms with Crippen LogP contribution in [0.15, 0.2) is 42.6 Å². The van der Waals surface area contributed by atoms with Gasteiger partial charge >= 0.3 is 5.97 Å². The maximum atomic E-state index is 11.0. The molecule has 0 aliphatic carbocycles. The molecule has 3 aromatic rings. The number of aromatic carboxylic acids is 1. The molecule has 0 spiro atoms. The summed E-state index contributed by atoms with van der Waals surface area (Å²) in [7, 11) is 0. The molecule has 0 radical (unpaired) electrons. The fourth-order valence-corrected chi connectivity index (χ4v) is 1.96. The van der Waals surface area contributed by atoms with Crippen LogP contribution in [0.25, 0.3) is 16.7 Å². The van der Waals surface area contributed by atoms with Crippen LogP contribution in [0.3, 0.4) is 0 Å². The van der Waals surface area contributed by atoms with E-state index in [9.17, 15) is 4.79 Å². The zero-order valence-electron chi connectivity index (χ0n) is 10.2. The minimum Gasteiger partial charge on any atom is -0.478 e. The number of nitriles is 1. The first-order valence-corrected chi connectivity index (χ1v) is 5.78. The lowest BCUT2D eigenvalue weighted by molar-refractivity contribution is 0.0696. The Morgan fingerprint density at radius 3 is 2.80 bits per heavy atom. The zero-order chi connectivity index (χ0) is 14.1. The first-order valence-electron chi connectivity index (χ1n) is 5.78. The highest BCUT2D eigenvalue weighted by Gasteiger charge is 2.18. The van der Waals surface area contributed by atoms with Crippen LogP contribution < -0.4 is 0 Å². The second kappa shape index (κ2) is 4.48. The molecule has 0 aliphatic rings. The van der Waals surface area contributed by atoms with Crippen LogP contribution in [-0.2, 0) is 0 Å². The number of hydrogen-bond donors (Lipinski definition) is 1. The van der Waals surface area contributed by atoms with E-state index < -0.39 is 5.97 Å². The number of carbonyl (C=O) groups is 1. The van der Waals surface area contributed by atoms with Crippen molar-refractivity contribution in [3.8, 4) is 11.9 Å². The molecule has 0 fully saturated rings. The Bertz CT molecular complexity index is 861. The summed E-state index contributed by atoms with van der Waals surface area (Å²) in [4.78, 5) is 15.4. The second-order valence-corrected chi connectivity index (χ2v) is 4.10. The highest BCUT2D eigenvalue weighted by Crippen LogP contribution is 2.17. The molecule has 2 aromatic heterocycles. The summed E-state index contributed by atoms with van der Waals surface area (Å²) >= 11 is 0. The highest BCUT2D eigenvalue weighted by molar-refractivity contribution is 5.90. The molecule has 2 heterocycles. The maximum absolute atomic E-state index is 11.0. The summed E-state index contributed by atoms with van der Waals surface area (Å²) in [5, 5.41) is 23.0. The van der Waals surface area contributed by atoms with Crippen molar-refractivity contribution in [1.29, 1.82) is 5.26 Å². The predicted molar refractivity (Wildman–Crippen MR) is 70.5 cm³/mol. The van der Waals surface area contributed by atoms with Crippen molar-refractivity contribution in [3.63, 3.8) is 0 Å². The quantitative estimate of drug-likeness (QED) is 0.764. The molecule has 96 valence electrons. The lowest BCUT2D eigenvalue weighted by Crippen LogP contribution is -2.05. The number of carboxylic acid groups (broad SMARTS) is 1. The highest BCUT2D eigenvalue weighted by atomic mass is 16.4. The molecule has 0 atom stereocenters. The molecule has 0 saturated carbocycles. The number of nitrogens with zero attached hydrogens (tertiary/aromatic N) is 4. The van der Waals surface area contributed by atoms with E-state index in [2.05, 4.69) is 10.1 Å². The Balaban J connectivity index is 2.21. The molecule has 3 rings (SSSR count). The lowest BCUT2D eigenvalue weighted by atomic mass is 10.2. The van der Waals surface area contributed by atoms with E-state index in [0.717, 1.165) is 17.1 Å². The monoisotopic (exact) mass is 264 g/mol. The van der Waals surface area contributed by atoms with E-state index in [1.165, 1.54) is 4.68 Å². The van der Waals surface area contributed by atoms with E-state index >= 15 is 0 Å². The molecule has 0 amide bonds. The van der Waals surface area contributed by atoms with Crippen molar-refractivity contribution in [2.45, 2.75) is 0 Å². The van der Waals surface area contributed by atoms with Gasteiger partial charge in [0.2, 0.25) is 0 Å². The van der Waals surface area contributed by atoms with Gasteiger partial charge in [-0.2, -0.15) is 10.4 Å². The zero-order valence-corrected chi connectivity index (χ0v) is 10.2. The number of aromatic nitrogens is 3. The first kappa shape index (κ1) is 11.9. The molecule has 0 aliphatic heterocycles. The Morgan fingerprint density at radius 2 is 2.05 bits per heavy atom. The fourth-order valence-electron chi connectivity index (χ4n) is 1.96.